The lowest BCUT2D eigenvalue weighted by Crippen LogP contribution is -2.29. The average molecular weight is 356 g/mol. The molecule has 7 heteroatoms. The number of halogens is 1. The van der Waals surface area contributed by atoms with E-state index in [4.69, 9.17) is 21.1 Å². The van der Waals surface area contributed by atoms with Crippen molar-refractivity contribution in [1.82, 2.24) is 4.72 Å². The SMILES string of the molecule is COc1ccccc1C(CNS(=O)(=O)c1cccc(Cl)c1)OC. The van der Waals surface area contributed by atoms with Gasteiger partial charge in [-0.1, -0.05) is 35.9 Å². The number of nitrogens with one attached hydrogen (secondary N) is 1. The van der Waals surface area contributed by atoms with Gasteiger partial charge in [0, 0.05) is 24.2 Å². The Hall–Kier alpha value is -1.60. The minimum atomic E-state index is -3.67. The highest BCUT2D eigenvalue weighted by Crippen LogP contribution is 2.27. The summed E-state index contributed by atoms with van der Waals surface area (Å²) in [5, 5.41) is 0.362. The van der Waals surface area contributed by atoms with Gasteiger partial charge in [0.2, 0.25) is 10.0 Å². The zero-order valence-corrected chi connectivity index (χ0v) is 14.4. The van der Waals surface area contributed by atoms with E-state index in [9.17, 15) is 8.42 Å². The van der Waals surface area contributed by atoms with Gasteiger partial charge in [0.15, 0.2) is 0 Å². The molecule has 0 aromatic heterocycles. The maximum absolute atomic E-state index is 12.3. The van der Waals surface area contributed by atoms with Gasteiger partial charge in [-0.2, -0.15) is 0 Å². The highest BCUT2D eigenvalue weighted by molar-refractivity contribution is 7.89. The minimum absolute atomic E-state index is 0.0751. The first kappa shape index (κ1) is 17.7. The first-order valence-electron chi connectivity index (χ1n) is 6.89. The lowest BCUT2D eigenvalue weighted by molar-refractivity contribution is 0.105. The van der Waals surface area contributed by atoms with E-state index in [1.54, 1.807) is 25.3 Å². The van der Waals surface area contributed by atoms with Crippen LogP contribution in [0.5, 0.6) is 5.75 Å². The van der Waals surface area contributed by atoms with Crippen LogP contribution in [0.25, 0.3) is 0 Å². The highest BCUT2D eigenvalue weighted by atomic mass is 35.5. The molecule has 5 nitrogen and oxygen atoms in total. The molecule has 0 saturated carbocycles. The number of hydrogen-bond donors (Lipinski definition) is 1. The Labute approximate surface area is 141 Å². The van der Waals surface area contributed by atoms with Crippen molar-refractivity contribution in [2.75, 3.05) is 20.8 Å². The van der Waals surface area contributed by atoms with Gasteiger partial charge >= 0.3 is 0 Å². The third-order valence-corrected chi connectivity index (χ3v) is 4.99. The number of rotatable bonds is 7. The van der Waals surface area contributed by atoms with Crippen LogP contribution >= 0.6 is 11.6 Å². The Morgan fingerprint density at radius 3 is 2.52 bits per heavy atom. The van der Waals surface area contributed by atoms with Gasteiger partial charge < -0.3 is 9.47 Å². The molecule has 1 unspecified atom stereocenters. The van der Waals surface area contributed by atoms with E-state index >= 15 is 0 Å². The molecule has 0 radical (unpaired) electrons. The summed E-state index contributed by atoms with van der Waals surface area (Å²) in [6, 6.07) is 13.4. The fourth-order valence-corrected chi connectivity index (χ4v) is 3.49. The van der Waals surface area contributed by atoms with Crippen LogP contribution in [0, 0.1) is 0 Å². The van der Waals surface area contributed by atoms with Crippen LogP contribution in [0.1, 0.15) is 11.7 Å². The summed E-state index contributed by atoms with van der Waals surface area (Å²) in [4.78, 5) is 0.111. The molecule has 0 aliphatic carbocycles. The smallest absolute Gasteiger partial charge is 0.240 e. The minimum Gasteiger partial charge on any atom is -0.496 e. The van der Waals surface area contributed by atoms with Crippen LogP contribution in [-0.2, 0) is 14.8 Å². The van der Waals surface area contributed by atoms with Gasteiger partial charge in [-0.15, -0.1) is 0 Å². The molecule has 0 spiro atoms. The van der Waals surface area contributed by atoms with E-state index < -0.39 is 16.1 Å². The van der Waals surface area contributed by atoms with Crippen molar-refractivity contribution in [3.63, 3.8) is 0 Å². The van der Waals surface area contributed by atoms with Crippen molar-refractivity contribution < 1.29 is 17.9 Å². The van der Waals surface area contributed by atoms with Crippen LogP contribution in [0.15, 0.2) is 53.4 Å². The predicted octanol–water partition coefficient (Wildman–Crippen LogP) is 3.01. The second-order valence-corrected chi connectivity index (χ2v) is 6.98. The van der Waals surface area contributed by atoms with Crippen molar-refractivity contribution in [3.05, 3.63) is 59.1 Å². The maximum Gasteiger partial charge on any atom is 0.240 e. The molecular formula is C16H18ClNO4S. The van der Waals surface area contributed by atoms with Crippen LogP contribution < -0.4 is 9.46 Å². The van der Waals surface area contributed by atoms with Crippen molar-refractivity contribution in [2.24, 2.45) is 0 Å². The molecule has 0 bridgehead atoms. The number of sulfonamides is 1. The third kappa shape index (κ3) is 4.45. The fraction of sp³-hybridized carbons (Fsp3) is 0.250. The molecule has 2 aromatic carbocycles. The largest absolute Gasteiger partial charge is 0.496 e. The molecular weight excluding hydrogens is 338 g/mol. The van der Waals surface area contributed by atoms with Crippen LogP contribution in [-0.4, -0.2) is 29.2 Å². The van der Waals surface area contributed by atoms with E-state index in [-0.39, 0.29) is 11.4 Å². The standard InChI is InChI=1S/C16H18ClNO4S/c1-21-15-9-4-3-8-14(15)16(22-2)11-18-23(19,20)13-7-5-6-12(17)10-13/h3-10,16,18H,11H2,1-2H3. The Kier molecular flexibility index (Phi) is 6.01. The Balaban J connectivity index is 2.17. The number of ether oxygens (including phenoxy) is 2. The molecule has 2 rings (SSSR count). The lowest BCUT2D eigenvalue weighted by atomic mass is 10.1. The van der Waals surface area contributed by atoms with Gasteiger partial charge in [-0.25, -0.2) is 13.1 Å². The third-order valence-electron chi connectivity index (χ3n) is 3.34. The van der Waals surface area contributed by atoms with Gasteiger partial charge in [0.05, 0.1) is 18.1 Å². The molecule has 0 aliphatic heterocycles. The van der Waals surface area contributed by atoms with Crippen LogP contribution in [0.4, 0.5) is 0 Å². The van der Waals surface area contributed by atoms with Crippen molar-refractivity contribution in [1.29, 1.82) is 0 Å². The zero-order valence-electron chi connectivity index (χ0n) is 12.8. The topological polar surface area (TPSA) is 64.6 Å². The van der Waals surface area contributed by atoms with Crippen LogP contribution in [0.2, 0.25) is 5.02 Å². The van der Waals surface area contributed by atoms with Crippen LogP contribution in [0.3, 0.4) is 0 Å². The molecule has 1 atom stereocenters. The van der Waals surface area contributed by atoms with Crippen molar-refractivity contribution >= 4 is 21.6 Å². The quantitative estimate of drug-likeness (QED) is 0.829. The number of para-hydroxylation sites is 1. The number of benzene rings is 2. The molecule has 1 N–H and O–H groups in total. The summed E-state index contributed by atoms with van der Waals surface area (Å²) in [6.07, 6.45) is -0.472. The highest BCUT2D eigenvalue weighted by Gasteiger charge is 2.20. The molecule has 124 valence electrons. The van der Waals surface area contributed by atoms with E-state index in [1.165, 1.54) is 19.2 Å². The normalized spacial score (nSPS) is 12.8. The second-order valence-electron chi connectivity index (χ2n) is 4.78. The van der Waals surface area contributed by atoms with Gasteiger partial charge in [-0.05, 0) is 24.3 Å². The second kappa shape index (κ2) is 7.79. The monoisotopic (exact) mass is 355 g/mol. The summed E-state index contributed by atoms with van der Waals surface area (Å²) in [7, 11) is -0.595. The van der Waals surface area contributed by atoms with Gasteiger partial charge in [0.25, 0.3) is 0 Å². The fourth-order valence-electron chi connectivity index (χ4n) is 2.16. The van der Waals surface area contributed by atoms with E-state index in [0.717, 1.165) is 5.56 Å². The molecule has 0 aliphatic rings. The molecule has 0 heterocycles. The Morgan fingerprint density at radius 1 is 1.13 bits per heavy atom. The Morgan fingerprint density at radius 2 is 1.87 bits per heavy atom. The maximum atomic E-state index is 12.3. The van der Waals surface area contributed by atoms with E-state index in [0.29, 0.717) is 10.8 Å². The lowest BCUT2D eigenvalue weighted by Gasteiger charge is -2.19. The van der Waals surface area contributed by atoms with E-state index in [2.05, 4.69) is 4.72 Å². The van der Waals surface area contributed by atoms with Gasteiger partial charge in [0.1, 0.15) is 5.75 Å². The summed E-state index contributed by atoms with van der Waals surface area (Å²) >= 11 is 5.84. The average Bonchev–Trinajstić information content (AvgIpc) is 2.56. The number of methoxy groups -OCH3 is 2. The predicted molar refractivity (Wildman–Crippen MR) is 89.4 cm³/mol. The summed E-state index contributed by atoms with van der Waals surface area (Å²) in [5.41, 5.74) is 0.770. The molecule has 0 amide bonds. The zero-order chi connectivity index (χ0) is 16.9. The molecule has 0 saturated heterocycles. The summed E-state index contributed by atoms with van der Waals surface area (Å²) in [5.74, 6) is 0.640. The van der Waals surface area contributed by atoms with Crippen molar-refractivity contribution in [3.8, 4) is 5.75 Å². The first-order valence-corrected chi connectivity index (χ1v) is 8.75. The summed E-state index contributed by atoms with van der Waals surface area (Å²) in [6.45, 7) is 0.0751. The van der Waals surface area contributed by atoms with E-state index in [1.807, 2.05) is 18.2 Å². The number of hydrogen-bond acceptors (Lipinski definition) is 4. The molecule has 2 aromatic rings. The molecule has 23 heavy (non-hydrogen) atoms. The first-order chi connectivity index (χ1) is 11.0. The van der Waals surface area contributed by atoms with Gasteiger partial charge in [-0.3, -0.25) is 0 Å². The van der Waals surface area contributed by atoms with Crippen molar-refractivity contribution in [2.45, 2.75) is 11.0 Å². The summed E-state index contributed by atoms with van der Waals surface area (Å²) < 4.78 is 37.9. The Bertz CT molecular complexity index is 764. The molecule has 0 fully saturated rings.